The van der Waals surface area contributed by atoms with Gasteiger partial charge in [0.1, 0.15) is 10.0 Å². The molecule has 0 radical (unpaired) electrons. The maximum atomic E-state index is 12.7. The van der Waals surface area contributed by atoms with Gasteiger partial charge in [-0.15, -0.1) is 11.3 Å². The number of imidazole rings is 1. The van der Waals surface area contributed by atoms with E-state index in [1.807, 2.05) is 19.1 Å². The minimum atomic E-state index is -0.431. The number of carbonyl (C=O) groups is 2. The van der Waals surface area contributed by atoms with E-state index < -0.39 is 5.97 Å². The molecule has 1 amide bonds. The summed E-state index contributed by atoms with van der Waals surface area (Å²) in [6.45, 7) is 3.87. The molecule has 0 saturated carbocycles. The van der Waals surface area contributed by atoms with Crippen molar-refractivity contribution in [3.8, 4) is 11.3 Å². The zero-order valence-electron chi connectivity index (χ0n) is 16.3. The first kappa shape index (κ1) is 21.0. The Morgan fingerprint density at radius 2 is 2.03 bits per heavy atom. The number of nitrogens with zero attached hydrogens (tertiary/aromatic N) is 3. The van der Waals surface area contributed by atoms with Gasteiger partial charge < -0.3 is 4.74 Å². The normalized spacial score (nSPS) is 15.6. The maximum absolute atomic E-state index is 12.7. The zero-order valence-corrected chi connectivity index (χ0v) is 19.5. The Kier molecular flexibility index (Phi) is 5.71. The lowest BCUT2D eigenvalue weighted by Gasteiger charge is -2.06. The Morgan fingerprint density at radius 1 is 1.33 bits per heavy atom. The largest absolute Gasteiger partial charge is 0.461 e. The number of esters is 1. The summed E-state index contributed by atoms with van der Waals surface area (Å²) in [4.78, 5) is 33.4. The highest BCUT2D eigenvalue weighted by atomic mass is 35.5. The average molecular weight is 478 g/mol. The average Bonchev–Trinajstić information content (AvgIpc) is 3.29. The molecule has 1 aliphatic rings. The van der Waals surface area contributed by atoms with E-state index in [1.54, 1.807) is 36.6 Å². The quantitative estimate of drug-likeness (QED) is 0.298. The van der Waals surface area contributed by atoms with Gasteiger partial charge in [-0.1, -0.05) is 47.7 Å². The fraction of sp³-hybridized carbons (Fsp3) is 0.200. The van der Waals surface area contributed by atoms with Crippen LogP contribution in [0.4, 0.5) is 0 Å². The highest BCUT2D eigenvalue weighted by Crippen LogP contribution is 2.37. The molecule has 10 heteroatoms. The molecule has 154 valence electrons. The Hall–Kier alpha value is -2.20. The van der Waals surface area contributed by atoms with Crippen molar-refractivity contribution in [3.63, 3.8) is 0 Å². The molecule has 0 N–H and O–H groups in total. The van der Waals surface area contributed by atoms with Crippen molar-refractivity contribution < 1.29 is 14.3 Å². The Morgan fingerprint density at radius 3 is 2.63 bits per heavy atom. The van der Waals surface area contributed by atoms with Crippen molar-refractivity contribution in [2.24, 2.45) is 0 Å². The number of thioether (sulfide) groups is 1. The summed E-state index contributed by atoms with van der Waals surface area (Å²) in [7, 11) is 1.64. The number of benzene rings is 1. The topological polar surface area (TPSA) is 63.9 Å². The Labute approximate surface area is 191 Å². The number of likely N-dealkylation sites (N-methyl/N-ethyl adjacent to an activating group) is 1. The van der Waals surface area contributed by atoms with Crippen LogP contribution >= 0.6 is 46.9 Å². The summed E-state index contributed by atoms with van der Waals surface area (Å²) in [5, 5.41) is 0.608. The number of aromatic nitrogens is 2. The van der Waals surface area contributed by atoms with Crippen molar-refractivity contribution in [1.82, 2.24) is 14.3 Å². The summed E-state index contributed by atoms with van der Waals surface area (Å²) < 4.78 is 7.50. The smallest absolute Gasteiger partial charge is 0.356 e. The van der Waals surface area contributed by atoms with Crippen molar-refractivity contribution >= 4 is 74.2 Å². The van der Waals surface area contributed by atoms with Gasteiger partial charge in [0, 0.05) is 22.5 Å². The maximum Gasteiger partial charge on any atom is 0.356 e. The van der Waals surface area contributed by atoms with Gasteiger partial charge in [-0.25, -0.2) is 9.78 Å². The van der Waals surface area contributed by atoms with Gasteiger partial charge in [0.25, 0.3) is 5.91 Å². The van der Waals surface area contributed by atoms with Crippen molar-refractivity contribution in [3.05, 3.63) is 50.5 Å². The molecule has 0 aliphatic carbocycles. The first-order valence-electron chi connectivity index (χ1n) is 8.98. The molecule has 1 saturated heterocycles. The predicted octanol–water partition coefficient (Wildman–Crippen LogP) is 5.03. The summed E-state index contributed by atoms with van der Waals surface area (Å²) in [6, 6.07) is 7.26. The summed E-state index contributed by atoms with van der Waals surface area (Å²) in [5.41, 5.74) is 2.49. The molecule has 0 unspecified atom stereocenters. The van der Waals surface area contributed by atoms with E-state index in [1.165, 1.54) is 28.0 Å². The van der Waals surface area contributed by atoms with Crippen LogP contribution in [0, 0.1) is 6.92 Å². The van der Waals surface area contributed by atoms with Crippen molar-refractivity contribution in [1.29, 1.82) is 0 Å². The lowest BCUT2D eigenvalue weighted by atomic mass is 10.1. The van der Waals surface area contributed by atoms with Crippen LogP contribution in [-0.4, -0.2) is 44.1 Å². The van der Waals surface area contributed by atoms with Crippen molar-refractivity contribution in [2.45, 2.75) is 13.8 Å². The van der Waals surface area contributed by atoms with Gasteiger partial charge in [0.15, 0.2) is 4.96 Å². The molecule has 1 aromatic carbocycles. The molecule has 30 heavy (non-hydrogen) atoms. The predicted molar refractivity (Wildman–Crippen MR) is 125 cm³/mol. The standard InChI is InChI=1S/C20H16ClN3O3S3/c1-4-27-18(26)16-10(2)29-19-22-15(11-5-7-12(21)8-6-11)13(24(16)19)9-14-17(25)23(3)20(28)30-14/h5-9H,4H2,1-3H3. The number of rotatable bonds is 4. The van der Waals surface area contributed by atoms with Crippen LogP contribution in [0.15, 0.2) is 29.2 Å². The molecule has 0 spiro atoms. The molecule has 1 fully saturated rings. The van der Waals surface area contributed by atoms with Gasteiger partial charge in [-0.05, 0) is 32.1 Å². The number of hydrogen-bond acceptors (Lipinski definition) is 7. The molecule has 3 heterocycles. The molecule has 0 atom stereocenters. The Bertz CT molecular complexity index is 1230. The van der Waals surface area contributed by atoms with Crippen LogP contribution in [0.1, 0.15) is 28.0 Å². The Balaban J connectivity index is 1.99. The minimum Gasteiger partial charge on any atom is -0.461 e. The van der Waals surface area contributed by atoms with Gasteiger partial charge in [-0.3, -0.25) is 14.1 Å². The van der Waals surface area contributed by atoms with E-state index in [2.05, 4.69) is 0 Å². The SMILES string of the molecule is CCOC(=O)c1c(C)sc2nc(-c3ccc(Cl)cc3)c(C=C3SC(=S)N(C)C3=O)n12. The van der Waals surface area contributed by atoms with E-state index in [0.717, 1.165) is 10.4 Å². The number of halogens is 1. The second-order valence-corrected chi connectivity index (χ2v) is 9.73. The van der Waals surface area contributed by atoms with Gasteiger partial charge >= 0.3 is 5.97 Å². The van der Waals surface area contributed by atoms with E-state index in [9.17, 15) is 9.59 Å². The van der Waals surface area contributed by atoms with Crippen LogP contribution in [0.5, 0.6) is 0 Å². The molecular weight excluding hydrogens is 462 g/mol. The lowest BCUT2D eigenvalue weighted by Crippen LogP contribution is -2.22. The number of aryl methyl sites for hydroxylation is 1. The second kappa shape index (κ2) is 8.14. The fourth-order valence-corrected chi connectivity index (χ4v) is 5.34. The summed E-state index contributed by atoms with van der Waals surface area (Å²) in [6.07, 6.45) is 1.74. The number of ether oxygens (including phenoxy) is 1. The third-order valence-electron chi connectivity index (χ3n) is 4.52. The number of thiazole rings is 1. The first-order chi connectivity index (χ1) is 14.3. The lowest BCUT2D eigenvalue weighted by molar-refractivity contribution is -0.121. The molecule has 2 aromatic heterocycles. The zero-order chi connectivity index (χ0) is 21.6. The summed E-state index contributed by atoms with van der Waals surface area (Å²) in [5.74, 6) is -0.620. The van der Waals surface area contributed by atoms with Crippen LogP contribution in [0.2, 0.25) is 5.02 Å². The molecule has 6 nitrogen and oxygen atoms in total. The van der Waals surface area contributed by atoms with Crippen LogP contribution < -0.4 is 0 Å². The number of amides is 1. The van der Waals surface area contributed by atoms with Crippen molar-refractivity contribution in [2.75, 3.05) is 13.7 Å². The highest BCUT2D eigenvalue weighted by Gasteiger charge is 2.31. The minimum absolute atomic E-state index is 0.188. The van der Waals surface area contributed by atoms with Crippen LogP contribution in [-0.2, 0) is 9.53 Å². The van der Waals surface area contributed by atoms with Gasteiger partial charge in [0.2, 0.25) is 0 Å². The molecule has 1 aliphatic heterocycles. The first-order valence-corrected chi connectivity index (χ1v) is 11.4. The van der Waals surface area contributed by atoms with Crippen LogP contribution in [0.25, 0.3) is 22.3 Å². The van der Waals surface area contributed by atoms with E-state index in [-0.39, 0.29) is 12.5 Å². The third kappa shape index (κ3) is 3.56. The molecular formula is C20H16ClN3O3S3. The number of fused-ring (bicyclic) bond motifs is 1. The number of carbonyl (C=O) groups excluding carboxylic acids is 2. The monoisotopic (exact) mass is 477 g/mol. The van der Waals surface area contributed by atoms with Gasteiger partial charge in [-0.2, -0.15) is 0 Å². The number of hydrogen-bond donors (Lipinski definition) is 0. The fourth-order valence-electron chi connectivity index (χ4n) is 3.10. The molecule has 3 aromatic rings. The molecule has 0 bridgehead atoms. The third-order valence-corrected chi connectivity index (χ3v) is 7.22. The van der Waals surface area contributed by atoms with E-state index in [0.29, 0.717) is 36.3 Å². The summed E-state index contributed by atoms with van der Waals surface area (Å²) >= 11 is 13.9. The van der Waals surface area contributed by atoms with Crippen LogP contribution in [0.3, 0.4) is 0 Å². The molecule has 4 rings (SSSR count). The van der Waals surface area contributed by atoms with E-state index in [4.69, 9.17) is 33.5 Å². The van der Waals surface area contributed by atoms with Gasteiger partial charge in [0.05, 0.1) is 22.9 Å². The second-order valence-electron chi connectivity index (χ2n) is 6.44. The highest BCUT2D eigenvalue weighted by molar-refractivity contribution is 8.26. The number of thiocarbonyl (C=S) groups is 1. The van der Waals surface area contributed by atoms with E-state index >= 15 is 0 Å².